The van der Waals surface area contributed by atoms with E-state index in [1.807, 2.05) is 6.21 Å². The van der Waals surface area contributed by atoms with E-state index in [4.69, 9.17) is 15.5 Å². The molecular weight excluding hydrogens is 739 g/mol. The molecule has 2 heterocycles. The third-order valence-electron chi connectivity index (χ3n) is 16.1. The second-order valence-electron chi connectivity index (χ2n) is 20.3. The number of hydrogen-bond donors (Lipinski definition) is 5. The molecule has 0 aromatic rings. The molecule has 0 aromatic heterocycles. The van der Waals surface area contributed by atoms with Crippen molar-refractivity contribution in [1.82, 2.24) is 0 Å². The predicted octanol–water partition coefficient (Wildman–Crippen LogP) is 6.72. The van der Waals surface area contributed by atoms with Gasteiger partial charge in [0.15, 0.2) is 5.70 Å². The first-order valence-electron chi connectivity index (χ1n) is 24.3. The topological polar surface area (TPSA) is 159 Å². The van der Waals surface area contributed by atoms with Crippen LogP contribution in [0.1, 0.15) is 155 Å². The van der Waals surface area contributed by atoms with Crippen LogP contribution < -0.4 is 11.1 Å². The number of unbranched alkanes of at least 4 members (excludes halogenated alkanes) is 1. The van der Waals surface area contributed by atoms with Gasteiger partial charge < -0.3 is 25.4 Å². The van der Waals surface area contributed by atoms with Crippen molar-refractivity contribution >= 4 is 17.8 Å². The summed E-state index contributed by atoms with van der Waals surface area (Å²) in [5.74, 6) is 11.1. The van der Waals surface area contributed by atoms with Gasteiger partial charge in [-0.3, -0.25) is 15.3 Å². The number of methoxy groups -OCH3 is 1. The molecule has 7 N–H and O–H groups in total. The van der Waals surface area contributed by atoms with Crippen molar-refractivity contribution in [3.05, 3.63) is 17.7 Å². The summed E-state index contributed by atoms with van der Waals surface area (Å²) in [6, 6.07) is 0. The molecular formula is C50H81N3O6+2. The van der Waals surface area contributed by atoms with Gasteiger partial charge in [-0.05, 0) is 138 Å². The zero-order valence-corrected chi connectivity index (χ0v) is 37.0. The number of carbonyl (C=O) groups is 2. The molecule has 4 fully saturated rings. The van der Waals surface area contributed by atoms with Crippen LogP contribution in [0, 0.1) is 82.9 Å². The van der Waals surface area contributed by atoms with E-state index in [0.29, 0.717) is 49.4 Å². The van der Waals surface area contributed by atoms with Crippen LogP contribution in [0.25, 0.3) is 0 Å². The van der Waals surface area contributed by atoms with Gasteiger partial charge in [0.25, 0.3) is 0 Å². The standard InChI is InChI=1S/C50H80N3O6/c1-4-10-43(46(56)28-40-25-39(31-53-40)32(2)11-8-9-20-54)38-23-34(21-33-18-19-52-50(51)24-33)22-36-15-17-42(35-12-6-5-7-13-35)44-30-48(58)49(59-3)27-37(44)14-16-41(55)29-47(57)45(36)26-38/h25,31-38,42-46,48-50,52,54,56,58H,4-14,16,18-24,26-30,51H2,1-3H3/q+1/p+1/t32-,33?,34-,36+,37?,38-,42-,43+,44?,45-,46-,48?,49?,50?/m1/s1. The van der Waals surface area contributed by atoms with E-state index in [9.17, 15) is 24.9 Å². The van der Waals surface area contributed by atoms with Gasteiger partial charge in [0.05, 0.1) is 37.7 Å². The van der Waals surface area contributed by atoms with Crippen LogP contribution >= 0.6 is 0 Å². The number of nitrogens with zero attached hydrogens (tertiary/aromatic N) is 1. The number of quaternary nitrogens is 1. The highest BCUT2D eigenvalue weighted by Crippen LogP contribution is 2.48. The van der Waals surface area contributed by atoms with Crippen molar-refractivity contribution < 1.29 is 35.0 Å². The van der Waals surface area contributed by atoms with E-state index in [-0.39, 0.29) is 78.3 Å². The van der Waals surface area contributed by atoms with Crippen LogP contribution in [-0.2, 0) is 14.3 Å². The van der Waals surface area contributed by atoms with E-state index in [1.165, 1.54) is 25.2 Å². The largest absolute Gasteiger partial charge is 0.396 e. The SMILES string of the molecule is CCC[C@@H]([C@@H]1C[C@H](CC2CC[NH2+]C(N)C2)C[C@@H]2C#C[C@H](C3CCCCC3)C3CC(O)C(OC)CC3CCC(=O)CC(=O)[C@@H]2C1)[C@H](O)CC1=C[C+]([C@H](C)CCCCO)C=N1. The van der Waals surface area contributed by atoms with E-state index >= 15 is 0 Å². The molecule has 9 nitrogen and oxygen atoms in total. The maximum atomic E-state index is 14.7. The van der Waals surface area contributed by atoms with E-state index in [1.54, 1.807) is 7.11 Å². The van der Waals surface area contributed by atoms with Crippen LogP contribution in [0.4, 0.5) is 0 Å². The molecule has 3 saturated carbocycles. The van der Waals surface area contributed by atoms with Gasteiger partial charge in [-0.1, -0.05) is 44.4 Å². The Hall–Kier alpha value is -2.06. The second-order valence-corrected chi connectivity index (χ2v) is 20.3. The third kappa shape index (κ3) is 12.8. The Morgan fingerprint density at radius 2 is 1.80 bits per heavy atom. The molecule has 59 heavy (non-hydrogen) atoms. The lowest BCUT2D eigenvalue weighted by Crippen LogP contribution is -2.94. The highest BCUT2D eigenvalue weighted by Gasteiger charge is 2.45. The Bertz CT molecular complexity index is 1470. The zero-order valence-electron chi connectivity index (χ0n) is 37.0. The Balaban J connectivity index is 1.32. The number of Topliss-reactive ketones (excluding diaryl/α,β-unsaturated/α-hetero) is 2. The van der Waals surface area contributed by atoms with E-state index in [2.05, 4.69) is 37.1 Å². The molecule has 0 spiro atoms. The van der Waals surface area contributed by atoms with Crippen LogP contribution in [0.3, 0.4) is 0 Å². The number of rotatable bonds is 15. The van der Waals surface area contributed by atoms with Gasteiger partial charge >= 0.3 is 0 Å². The van der Waals surface area contributed by atoms with E-state index in [0.717, 1.165) is 102 Å². The minimum Gasteiger partial charge on any atom is -0.396 e. The molecule has 6 rings (SSSR count). The van der Waals surface area contributed by atoms with Gasteiger partial charge in [-0.2, -0.15) is 0 Å². The Kier molecular flexibility index (Phi) is 18.0. The fourth-order valence-electron chi connectivity index (χ4n) is 12.8. The molecule has 0 radical (unpaired) electrons. The summed E-state index contributed by atoms with van der Waals surface area (Å²) in [6.07, 6.45) is 22.1. The lowest BCUT2D eigenvalue weighted by Gasteiger charge is -2.44. The van der Waals surface area contributed by atoms with Gasteiger partial charge in [-0.15, -0.1) is 4.99 Å². The molecule has 1 saturated heterocycles. The minimum absolute atomic E-state index is 0.0105. The van der Waals surface area contributed by atoms with Crippen LogP contribution in [0.5, 0.6) is 0 Å². The van der Waals surface area contributed by atoms with Crippen molar-refractivity contribution in [3.8, 4) is 11.8 Å². The van der Waals surface area contributed by atoms with Crippen molar-refractivity contribution in [2.75, 3.05) is 20.3 Å². The predicted molar refractivity (Wildman–Crippen MR) is 234 cm³/mol. The van der Waals surface area contributed by atoms with Crippen molar-refractivity contribution in [2.45, 2.75) is 180 Å². The number of aliphatic imine (C=N–C) groups is 1. The van der Waals surface area contributed by atoms with Crippen LogP contribution in [-0.4, -0.2) is 77.8 Å². The van der Waals surface area contributed by atoms with Crippen molar-refractivity contribution in [2.24, 2.45) is 75.8 Å². The zero-order chi connectivity index (χ0) is 41.9. The van der Waals surface area contributed by atoms with Gasteiger partial charge in [0, 0.05) is 50.2 Å². The molecule has 330 valence electrons. The highest BCUT2D eigenvalue weighted by atomic mass is 16.5. The smallest absolute Gasteiger partial charge is 0.177 e. The molecule has 0 aromatic carbocycles. The molecule has 4 aliphatic carbocycles. The van der Waals surface area contributed by atoms with Gasteiger partial charge in [-0.25, -0.2) is 0 Å². The molecule has 0 amide bonds. The number of hydrogen-bond acceptors (Lipinski definition) is 8. The molecule has 2 aliphatic heterocycles. The normalized spacial score (nSPS) is 36.5. The summed E-state index contributed by atoms with van der Waals surface area (Å²) in [4.78, 5) is 33.3. The first-order valence-corrected chi connectivity index (χ1v) is 24.3. The molecule has 6 aliphatic rings. The van der Waals surface area contributed by atoms with Crippen molar-refractivity contribution in [1.29, 1.82) is 0 Å². The first kappa shape index (κ1) is 46.4. The number of fused-ring (bicyclic) bond motifs is 2. The number of ether oxygens (including phenoxy) is 1. The average Bonchev–Trinajstić information content (AvgIpc) is 3.61. The number of aliphatic hydroxyl groups excluding tert-OH is 3. The maximum Gasteiger partial charge on any atom is 0.177 e. The number of aliphatic hydroxyl groups is 3. The molecule has 0 bridgehead atoms. The summed E-state index contributed by atoms with van der Waals surface area (Å²) in [5, 5.41) is 35.1. The highest BCUT2D eigenvalue weighted by molar-refractivity contribution is 6.00. The molecule has 14 atom stereocenters. The molecule has 9 heteroatoms. The second kappa shape index (κ2) is 22.9. The lowest BCUT2D eigenvalue weighted by molar-refractivity contribution is -0.699. The minimum atomic E-state index is -0.586. The monoisotopic (exact) mass is 820 g/mol. The van der Waals surface area contributed by atoms with Crippen LogP contribution in [0.2, 0.25) is 0 Å². The number of allylic oxidation sites excluding steroid dienone is 1. The summed E-state index contributed by atoms with van der Waals surface area (Å²) in [5.41, 5.74) is 7.44. The Morgan fingerprint density at radius 1 is 0.983 bits per heavy atom. The van der Waals surface area contributed by atoms with E-state index < -0.39 is 12.2 Å². The fourth-order valence-corrected chi connectivity index (χ4v) is 12.8. The number of nitrogens with two attached hydrogens (primary N) is 2. The summed E-state index contributed by atoms with van der Waals surface area (Å²) < 4.78 is 5.78. The molecule has 6 unspecified atom stereocenters. The maximum absolute atomic E-state index is 14.7. The Labute approximate surface area is 357 Å². The average molecular weight is 820 g/mol. The quantitative estimate of drug-likeness (QED) is 0.0532. The summed E-state index contributed by atoms with van der Waals surface area (Å²) >= 11 is 0. The number of carbonyl (C=O) groups excluding carboxylic acids is 2. The lowest BCUT2D eigenvalue weighted by atomic mass is 9.63. The summed E-state index contributed by atoms with van der Waals surface area (Å²) in [7, 11) is 1.68. The number of ketones is 2. The van der Waals surface area contributed by atoms with Gasteiger partial charge in [0.2, 0.25) is 0 Å². The summed E-state index contributed by atoms with van der Waals surface area (Å²) in [6.45, 7) is 5.67. The third-order valence-corrected chi connectivity index (χ3v) is 16.1. The van der Waals surface area contributed by atoms with Gasteiger partial charge in [0.1, 0.15) is 35.9 Å². The first-order chi connectivity index (χ1) is 28.6. The Morgan fingerprint density at radius 3 is 2.54 bits per heavy atom. The van der Waals surface area contributed by atoms with Crippen molar-refractivity contribution in [3.63, 3.8) is 0 Å². The fraction of sp³-hybridized carbons (Fsp3) is 0.840. The number of piperidine rings is 1. The van der Waals surface area contributed by atoms with Crippen LogP contribution in [0.15, 0.2) is 16.8 Å².